The van der Waals surface area contributed by atoms with Crippen molar-refractivity contribution in [3.05, 3.63) is 63.6 Å². The molecule has 0 aliphatic rings. The van der Waals surface area contributed by atoms with E-state index < -0.39 is 0 Å². The van der Waals surface area contributed by atoms with Gasteiger partial charge in [0.05, 0.1) is 10.0 Å². The number of nitrogens with one attached hydrogen (secondary N) is 1. The molecule has 0 saturated carbocycles. The van der Waals surface area contributed by atoms with Crippen molar-refractivity contribution in [2.45, 2.75) is 39.3 Å². The Hall–Kier alpha value is -1.26. The maximum atomic E-state index is 6.02. The first-order chi connectivity index (χ1) is 12.7. The van der Waals surface area contributed by atoms with Gasteiger partial charge in [-0.15, -0.1) is 0 Å². The Labute approximate surface area is 166 Å². The zero-order valence-electron chi connectivity index (χ0n) is 15.3. The van der Waals surface area contributed by atoms with Gasteiger partial charge in [-0.25, -0.2) is 0 Å². The van der Waals surface area contributed by atoms with E-state index in [9.17, 15) is 0 Å². The molecule has 0 bridgehead atoms. The first-order valence-electron chi connectivity index (χ1n) is 9.13. The third kappa shape index (κ3) is 7.96. The summed E-state index contributed by atoms with van der Waals surface area (Å²) >= 11 is 11.9. The summed E-state index contributed by atoms with van der Waals surface area (Å²) in [7, 11) is 0. The first kappa shape index (κ1) is 21.0. The molecule has 2 aromatic rings. The van der Waals surface area contributed by atoms with E-state index >= 15 is 0 Å². The molecule has 2 rings (SSSR count). The number of benzene rings is 2. The maximum Gasteiger partial charge on any atom is 0.119 e. The summed E-state index contributed by atoms with van der Waals surface area (Å²) in [6.07, 6.45) is 3.37. The number of halogens is 2. The largest absolute Gasteiger partial charge is 0.489 e. The monoisotopic (exact) mass is 395 g/mol. The zero-order valence-corrected chi connectivity index (χ0v) is 16.8. The minimum atomic E-state index is 0.465. The highest BCUT2D eigenvalue weighted by Crippen LogP contribution is 2.23. The van der Waals surface area contributed by atoms with Crippen molar-refractivity contribution < 1.29 is 9.47 Å². The number of unbranched alkanes of at least 4 members (excludes halogenated alkanes) is 1. The Morgan fingerprint density at radius 2 is 1.62 bits per heavy atom. The van der Waals surface area contributed by atoms with E-state index in [0.29, 0.717) is 16.7 Å². The topological polar surface area (TPSA) is 30.5 Å². The lowest BCUT2D eigenvalue weighted by atomic mass is 10.2. The van der Waals surface area contributed by atoms with Gasteiger partial charge in [0, 0.05) is 19.8 Å². The second-order valence-corrected chi connectivity index (χ2v) is 6.99. The third-order valence-electron chi connectivity index (χ3n) is 3.93. The molecule has 3 nitrogen and oxygen atoms in total. The van der Waals surface area contributed by atoms with E-state index in [1.165, 1.54) is 12.0 Å². The van der Waals surface area contributed by atoms with Crippen LogP contribution >= 0.6 is 23.2 Å². The Bertz CT molecular complexity index is 647. The van der Waals surface area contributed by atoms with Gasteiger partial charge in [0.25, 0.3) is 0 Å². The van der Waals surface area contributed by atoms with Crippen molar-refractivity contribution >= 4 is 23.2 Å². The van der Waals surface area contributed by atoms with Crippen LogP contribution in [0.1, 0.15) is 37.3 Å². The van der Waals surface area contributed by atoms with Crippen LogP contribution in [-0.4, -0.2) is 19.8 Å². The van der Waals surface area contributed by atoms with E-state index in [4.69, 9.17) is 32.7 Å². The SMILES string of the molecule is CCCCOCCCNCc1ccc(OCc2ccc(Cl)c(Cl)c2)cc1. The second kappa shape index (κ2) is 12.2. The second-order valence-electron chi connectivity index (χ2n) is 6.18. The van der Waals surface area contributed by atoms with Crippen LogP contribution in [0.25, 0.3) is 0 Å². The molecule has 0 fully saturated rings. The molecule has 2 aromatic carbocycles. The standard InChI is InChI=1S/C21H27Cl2NO2/c1-2-3-12-25-13-4-11-24-15-17-5-8-19(9-6-17)26-16-18-7-10-20(22)21(23)14-18/h5-10,14,24H,2-4,11-13,15-16H2,1H3. The average molecular weight is 396 g/mol. The molecular weight excluding hydrogens is 369 g/mol. The van der Waals surface area contributed by atoms with E-state index in [0.717, 1.165) is 50.5 Å². The van der Waals surface area contributed by atoms with Crippen molar-refractivity contribution in [2.24, 2.45) is 0 Å². The smallest absolute Gasteiger partial charge is 0.119 e. The molecule has 26 heavy (non-hydrogen) atoms. The summed E-state index contributed by atoms with van der Waals surface area (Å²) in [5.74, 6) is 0.837. The van der Waals surface area contributed by atoms with Crippen LogP contribution in [0.15, 0.2) is 42.5 Å². The van der Waals surface area contributed by atoms with Crippen LogP contribution in [0.2, 0.25) is 10.0 Å². The van der Waals surface area contributed by atoms with Gasteiger partial charge >= 0.3 is 0 Å². The highest BCUT2D eigenvalue weighted by molar-refractivity contribution is 6.42. The molecule has 0 atom stereocenters. The Morgan fingerprint density at radius 3 is 2.35 bits per heavy atom. The van der Waals surface area contributed by atoms with E-state index in [1.807, 2.05) is 24.3 Å². The lowest BCUT2D eigenvalue weighted by Crippen LogP contribution is -2.16. The predicted molar refractivity (Wildman–Crippen MR) is 109 cm³/mol. The van der Waals surface area contributed by atoms with Gasteiger partial charge in [-0.2, -0.15) is 0 Å². The van der Waals surface area contributed by atoms with Gasteiger partial charge < -0.3 is 14.8 Å². The van der Waals surface area contributed by atoms with Crippen LogP contribution in [0.5, 0.6) is 5.75 Å². The van der Waals surface area contributed by atoms with Crippen molar-refractivity contribution in [1.82, 2.24) is 5.32 Å². The fourth-order valence-corrected chi connectivity index (χ4v) is 2.70. The summed E-state index contributed by atoms with van der Waals surface area (Å²) in [6, 6.07) is 13.7. The highest BCUT2D eigenvalue weighted by atomic mass is 35.5. The maximum absolute atomic E-state index is 6.02. The summed E-state index contributed by atoms with van der Waals surface area (Å²) in [4.78, 5) is 0. The summed E-state index contributed by atoms with van der Waals surface area (Å²) in [6.45, 7) is 6.15. The molecule has 0 heterocycles. The van der Waals surface area contributed by atoms with Gasteiger partial charge in [-0.05, 0) is 54.8 Å². The lowest BCUT2D eigenvalue weighted by molar-refractivity contribution is 0.129. The third-order valence-corrected chi connectivity index (χ3v) is 4.67. The molecule has 0 unspecified atom stereocenters. The number of hydrogen-bond donors (Lipinski definition) is 1. The molecule has 0 spiro atoms. The quantitative estimate of drug-likeness (QED) is 0.455. The molecule has 0 amide bonds. The molecule has 0 saturated heterocycles. The Kier molecular flexibility index (Phi) is 9.86. The van der Waals surface area contributed by atoms with E-state index in [-0.39, 0.29) is 0 Å². The lowest BCUT2D eigenvalue weighted by Gasteiger charge is -2.09. The fraction of sp³-hybridized carbons (Fsp3) is 0.429. The summed E-state index contributed by atoms with van der Waals surface area (Å²) in [5.41, 5.74) is 2.23. The van der Waals surface area contributed by atoms with E-state index in [1.54, 1.807) is 6.07 Å². The summed E-state index contributed by atoms with van der Waals surface area (Å²) < 4.78 is 11.3. The first-order valence-corrected chi connectivity index (χ1v) is 9.88. The van der Waals surface area contributed by atoms with Crippen LogP contribution in [0, 0.1) is 0 Å². The fourth-order valence-electron chi connectivity index (χ4n) is 2.38. The van der Waals surface area contributed by atoms with Gasteiger partial charge in [0.1, 0.15) is 12.4 Å². The van der Waals surface area contributed by atoms with Crippen molar-refractivity contribution in [1.29, 1.82) is 0 Å². The molecule has 142 valence electrons. The summed E-state index contributed by atoms with van der Waals surface area (Å²) in [5, 5.41) is 4.54. The van der Waals surface area contributed by atoms with Crippen LogP contribution < -0.4 is 10.1 Å². The molecule has 0 aliphatic heterocycles. The average Bonchev–Trinajstić information content (AvgIpc) is 2.66. The van der Waals surface area contributed by atoms with Crippen LogP contribution in [-0.2, 0) is 17.9 Å². The van der Waals surface area contributed by atoms with Crippen LogP contribution in [0.3, 0.4) is 0 Å². The molecule has 5 heteroatoms. The molecule has 0 radical (unpaired) electrons. The van der Waals surface area contributed by atoms with Crippen LogP contribution in [0.4, 0.5) is 0 Å². The normalized spacial score (nSPS) is 10.9. The molecular formula is C21H27Cl2NO2. The Morgan fingerprint density at radius 1 is 0.885 bits per heavy atom. The minimum Gasteiger partial charge on any atom is -0.489 e. The number of hydrogen-bond acceptors (Lipinski definition) is 3. The molecule has 1 N–H and O–H groups in total. The van der Waals surface area contributed by atoms with Gasteiger partial charge in [-0.1, -0.05) is 54.7 Å². The highest BCUT2D eigenvalue weighted by Gasteiger charge is 2.01. The zero-order chi connectivity index (χ0) is 18.6. The number of ether oxygens (including phenoxy) is 2. The predicted octanol–water partition coefficient (Wildman–Crippen LogP) is 5.87. The van der Waals surface area contributed by atoms with Crippen molar-refractivity contribution in [3.63, 3.8) is 0 Å². The van der Waals surface area contributed by atoms with Crippen molar-refractivity contribution in [3.8, 4) is 5.75 Å². The minimum absolute atomic E-state index is 0.465. The van der Waals surface area contributed by atoms with Gasteiger partial charge in [0.15, 0.2) is 0 Å². The molecule has 0 aliphatic carbocycles. The Balaban J connectivity index is 1.64. The molecule has 0 aromatic heterocycles. The van der Waals surface area contributed by atoms with Gasteiger partial charge in [0.2, 0.25) is 0 Å². The van der Waals surface area contributed by atoms with Gasteiger partial charge in [-0.3, -0.25) is 0 Å². The van der Waals surface area contributed by atoms with Crippen molar-refractivity contribution in [2.75, 3.05) is 19.8 Å². The van der Waals surface area contributed by atoms with E-state index in [2.05, 4.69) is 24.4 Å². The number of rotatable bonds is 12.